The van der Waals surface area contributed by atoms with E-state index in [9.17, 15) is 16.8 Å². The highest BCUT2D eigenvalue weighted by molar-refractivity contribution is 8.02. The molecule has 2 aromatic rings. The van der Waals surface area contributed by atoms with Gasteiger partial charge < -0.3 is 18.9 Å². The SMILES string of the molecule is COc1ccc(OC)c2c1CCN(S(=O)(=O)NS(=O)(=O)N1CCc3c(OC)ccc(OC)c3C1)C2. The molecule has 4 rings (SSSR count). The molecule has 2 heterocycles. The Hall–Kier alpha value is -2.58. The van der Waals surface area contributed by atoms with Crippen LogP contribution in [0.4, 0.5) is 0 Å². The van der Waals surface area contributed by atoms with Crippen molar-refractivity contribution in [2.24, 2.45) is 0 Å². The highest BCUT2D eigenvalue weighted by Crippen LogP contribution is 2.37. The molecule has 0 radical (unpaired) electrons. The number of fused-ring (bicyclic) bond motifs is 2. The summed E-state index contributed by atoms with van der Waals surface area (Å²) in [6.07, 6.45) is 0.704. The molecule has 2 aliphatic rings. The topological polar surface area (TPSA) is 124 Å². The molecule has 0 spiro atoms. The molecule has 0 saturated carbocycles. The Morgan fingerprint density at radius 1 is 0.600 bits per heavy atom. The van der Waals surface area contributed by atoms with E-state index in [2.05, 4.69) is 0 Å². The average Bonchev–Trinajstić information content (AvgIpc) is 2.85. The van der Waals surface area contributed by atoms with E-state index in [1.807, 2.05) is 4.13 Å². The minimum Gasteiger partial charge on any atom is -0.496 e. The predicted octanol–water partition coefficient (Wildman–Crippen LogP) is 1.22. The summed E-state index contributed by atoms with van der Waals surface area (Å²) in [5, 5.41) is 0. The molecular formula is C22H29N3O8S2. The van der Waals surface area contributed by atoms with E-state index < -0.39 is 20.4 Å². The molecule has 192 valence electrons. The fourth-order valence-electron chi connectivity index (χ4n) is 4.59. The highest BCUT2D eigenvalue weighted by Gasteiger charge is 2.37. The van der Waals surface area contributed by atoms with Gasteiger partial charge in [0.05, 0.1) is 28.4 Å². The van der Waals surface area contributed by atoms with Gasteiger partial charge in [0.25, 0.3) is 20.4 Å². The Labute approximate surface area is 205 Å². The van der Waals surface area contributed by atoms with Crippen molar-refractivity contribution in [3.63, 3.8) is 0 Å². The number of methoxy groups -OCH3 is 4. The third-order valence-electron chi connectivity index (χ3n) is 6.35. The first-order valence-corrected chi connectivity index (χ1v) is 13.8. The van der Waals surface area contributed by atoms with Gasteiger partial charge in [0.1, 0.15) is 23.0 Å². The zero-order chi connectivity index (χ0) is 25.4. The van der Waals surface area contributed by atoms with Gasteiger partial charge in [-0.15, -0.1) is 0 Å². The van der Waals surface area contributed by atoms with E-state index >= 15 is 0 Å². The zero-order valence-electron chi connectivity index (χ0n) is 20.0. The predicted molar refractivity (Wildman–Crippen MR) is 128 cm³/mol. The number of nitrogens with zero attached hydrogens (tertiary/aromatic N) is 2. The molecule has 0 saturated heterocycles. The van der Waals surface area contributed by atoms with Crippen LogP contribution in [0.1, 0.15) is 22.3 Å². The molecule has 2 aliphatic heterocycles. The van der Waals surface area contributed by atoms with Crippen molar-refractivity contribution in [2.45, 2.75) is 25.9 Å². The number of benzene rings is 2. The van der Waals surface area contributed by atoms with Gasteiger partial charge in [-0.05, 0) is 37.1 Å². The summed E-state index contributed by atoms with van der Waals surface area (Å²) in [5.41, 5.74) is 2.97. The fraction of sp³-hybridized carbons (Fsp3) is 0.455. The molecular weight excluding hydrogens is 498 g/mol. The van der Waals surface area contributed by atoms with Crippen LogP contribution in [0.25, 0.3) is 0 Å². The number of ether oxygens (including phenoxy) is 4. The Bertz CT molecular complexity index is 1230. The van der Waals surface area contributed by atoms with Crippen molar-refractivity contribution in [3.8, 4) is 23.0 Å². The number of hydrogen-bond donors (Lipinski definition) is 1. The number of hydrogen-bond acceptors (Lipinski definition) is 8. The first kappa shape index (κ1) is 25.5. The summed E-state index contributed by atoms with van der Waals surface area (Å²) in [6, 6.07) is 6.93. The normalized spacial score (nSPS) is 16.8. The standard InChI is InChI=1S/C22H29N3O8S2/c1-30-19-5-7-21(32-3)17-13-24(11-9-15(17)19)34(26,27)23-35(28,29)25-12-10-16-18(14-25)22(33-4)8-6-20(16)31-2/h5-8,23H,9-14H2,1-4H3. The summed E-state index contributed by atoms with van der Waals surface area (Å²) in [4.78, 5) is 0. The van der Waals surface area contributed by atoms with E-state index in [0.717, 1.165) is 19.7 Å². The van der Waals surface area contributed by atoms with Gasteiger partial charge in [-0.3, -0.25) is 0 Å². The first-order valence-electron chi connectivity index (χ1n) is 10.9. The monoisotopic (exact) mass is 527 g/mol. The van der Waals surface area contributed by atoms with Crippen molar-refractivity contribution in [1.29, 1.82) is 0 Å². The smallest absolute Gasteiger partial charge is 0.293 e. The van der Waals surface area contributed by atoms with Crippen molar-refractivity contribution in [3.05, 3.63) is 46.5 Å². The van der Waals surface area contributed by atoms with Gasteiger partial charge in [0.15, 0.2) is 0 Å². The minimum atomic E-state index is -4.38. The molecule has 2 aromatic carbocycles. The third-order valence-corrected chi connectivity index (χ3v) is 10.0. The summed E-state index contributed by atoms with van der Waals surface area (Å²) in [7, 11) is -2.69. The molecule has 0 unspecified atom stereocenters. The zero-order valence-corrected chi connectivity index (χ0v) is 21.7. The molecule has 11 nitrogen and oxygen atoms in total. The van der Waals surface area contributed by atoms with E-state index in [0.29, 0.717) is 47.0 Å². The molecule has 1 N–H and O–H groups in total. The van der Waals surface area contributed by atoms with E-state index in [-0.39, 0.29) is 26.2 Å². The number of rotatable bonds is 8. The molecule has 0 aliphatic carbocycles. The van der Waals surface area contributed by atoms with Crippen LogP contribution in [-0.4, -0.2) is 67.0 Å². The fourth-order valence-corrected chi connectivity index (χ4v) is 7.76. The van der Waals surface area contributed by atoms with Gasteiger partial charge in [-0.25, -0.2) is 0 Å². The molecule has 0 aromatic heterocycles. The molecule has 0 atom stereocenters. The molecule has 13 heteroatoms. The second-order valence-corrected chi connectivity index (χ2v) is 11.7. The Kier molecular flexibility index (Phi) is 7.16. The lowest BCUT2D eigenvalue weighted by Gasteiger charge is -2.32. The maximum Gasteiger partial charge on any atom is 0.293 e. The summed E-state index contributed by atoms with van der Waals surface area (Å²) in [6.45, 7) is 0.0906. The second-order valence-electron chi connectivity index (χ2n) is 8.11. The van der Waals surface area contributed by atoms with Crippen LogP contribution in [0.15, 0.2) is 24.3 Å². The summed E-state index contributed by atoms with van der Waals surface area (Å²) in [5.74, 6) is 2.29. The van der Waals surface area contributed by atoms with Gasteiger partial charge in [0, 0.05) is 48.4 Å². The summed E-state index contributed by atoms with van der Waals surface area (Å²) < 4.78 is 78.4. The second kappa shape index (κ2) is 9.82. The molecule has 0 fully saturated rings. The van der Waals surface area contributed by atoms with Crippen molar-refractivity contribution in [2.75, 3.05) is 41.5 Å². The lowest BCUT2D eigenvalue weighted by Crippen LogP contribution is -2.51. The lowest BCUT2D eigenvalue weighted by molar-refractivity contribution is 0.343. The Morgan fingerprint density at radius 2 is 0.914 bits per heavy atom. The minimum absolute atomic E-state index is 0.0472. The average molecular weight is 528 g/mol. The Morgan fingerprint density at radius 3 is 1.23 bits per heavy atom. The van der Waals surface area contributed by atoms with Crippen LogP contribution < -0.4 is 23.1 Å². The number of nitrogens with one attached hydrogen (secondary N) is 1. The van der Waals surface area contributed by atoms with Gasteiger partial charge in [-0.2, -0.15) is 25.4 Å². The van der Waals surface area contributed by atoms with Crippen LogP contribution in [0.5, 0.6) is 23.0 Å². The van der Waals surface area contributed by atoms with Crippen LogP contribution in [0.2, 0.25) is 0 Å². The van der Waals surface area contributed by atoms with Gasteiger partial charge >= 0.3 is 0 Å². The van der Waals surface area contributed by atoms with E-state index in [4.69, 9.17) is 18.9 Å². The van der Waals surface area contributed by atoms with Crippen molar-refractivity contribution < 1.29 is 35.8 Å². The quantitative estimate of drug-likeness (QED) is 0.544. The molecule has 0 amide bonds. The third kappa shape index (κ3) is 4.78. The van der Waals surface area contributed by atoms with Crippen LogP contribution in [0, 0.1) is 0 Å². The van der Waals surface area contributed by atoms with E-state index in [1.165, 1.54) is 14.2 Å². The van der Waals surface area contributed by atoms with Crippen LogP contribution >= 0.6 is 0 Å². The highest BCUT2D eigenvalue weighted by atomic mass is 32.3. The van der Waals surface area contributed by atoms with Crippen LogP contribution in [-0.2, 0) is 46.3 Å². The Balaban J connectivity index is 1.57. The largest absolute Gasteiger partial charge is 0.496 e. The van der Waals surface area contributed by atoms with Gasteiger partial charge in [-0.1, -0.05) is 4.13 Å². The van der Waals surface area contributed by atoms with Crippen molar-refractivity contribution in [1.82, 2.24) is 12.7 Å². The maximum atomic E-state index is 13.2. The van der Waals surface area contributed by atoms with Crippen molar-refractivity contribution >= 4 is 20.4 Å². The lowest BCUT2D eigenvalue weighted by atomic mass is 9.99. The first-order chi connectivity index (χ1) is 16.6. The van der Waals surface area contributed by atoms with Crippen LogP contribution in [0.3, 0.4) is 0 Å². The van der Waals surface area contributed by atoms with Gasteiger partial charge in [0.2, 0.25) is 0 Å². The van der Waals surface area contributed by atoms with E-state index in [1.54, 1.807) is 38.5 Å². The molecule has 35 heavy (non-hydrogen) atoms. The summed E-state index contributed by atoms with van der Waals surface area (Å²) >= 11 is 0. The molecule has 0 bridgehead atoms. The maximum absolute atomic E-state index is 13.2.